The molecule has 3 rings (SSSR count). The zero-order valence-electron chi connectivity index (χ0n) is 13.8. The molecule has 0 aliphatic heterocycles. The smallest absolute Gasteiger partial charge is 0.331 e. The summed E-state index contributed by atoms with van der Waals surface area (Å²) in [5.41, 5.74) is 2.99. The fourth-order valence-corrected chi connectivity index (χ4v) is 2.44. The second-order valence-corrected chi connectivity index (χ2v) is 5.48. The number of carbonyl (C=O) groups excluding carboxylic acids is 1. The van der Waals surface area contributed by atoms with Crippen LogP contribution in [0.2, 0.25) is 0 Å². The van der Waals surface area contributed by atoms with E-state index >= 15 is 0 Å². The third kappa shape index (κ3) is 4.38. The van der Waals surface area contributed by atoms with Crippen molar-refractivity contribution in [2.24, 2.45) is 0 Å². The van der Waals surface area contributed by atoms with Crippen LogP contribution in [0.15, 0.2) is 73.5 Å². The van der Waals surface area contributed by atoms with E-state index in [1.807, 2.05) is 54.7 Å². The Morgan fingerprint density at radius 3 is 2.80 bits per heavy atom. The number of carbonyl (C=O) groups is 1. The highest BCUT2D eigenvalue weighted by atomic mass is 16.5. The summed E-state index contributed by atoms with van der Waals surface area (Å²) >= 11 is 0. The molecule has 0 radical (unpaired) electrons. The molecule has 0 atom stereocenters. The van der Waals surface area contributed by atoms with Gasteiger partial charge in [0.1, 0.15) is 19.0 Å². The summed E-state index contributed by atoms with van der Waals surface area (Å²) in [6.45, 7) is 4.23. The molecule has 0 unspecified atom stereocenters. The lowest BCUT2D eigenvalue weighted by atomic mass is 10.1. The van der Waals surface area contributed by atoms with Gasteiger partial charge in [-0.2, -0.15) is 0 Å². The number of H-pyrrole nitrogens is 1. The second-order valence-electron chi connectivity index (χ2n) is 5.48. The first-order valence-corrected chi connectivity index (χ1v) is 8.00. The van der Waals surface area contributed by atoms with Crippen LogP contribution in [0, 0.1) is 0 Å². The topological polar surface area (TPSA) is 51.3 Å². The third-order valence-corrected chi connectivity index (χ3v) is 3.68. The highest BCUT2D eigenvalue weighted by Gasteiger charge is 2.05. The van der Waals surface area contributed by atoms with Gasteiger partial charge in [0.25, 0.3) is 0 Å². The molecular formula is C21H19NO3. The van der Waals surface area contributed by atoms with E-state index in [2.05, 4.69) is 11.6 Å². The Kier molecular flexibility index (Phi) is 5.32. The minimum atomic E-state index is -0.397. The highest BCUT2D eigenvalue weighted by Crippen LogP contribution is 2.25. The monoisotopic (exact) mass is 333 g/mol. The molecule has 1 aromatic heterocycles. The summed E-state index contributed by atoms with van der Waals surface area (Å²) in [4.78, 5) is 14.7. The van der Waals surface area contributed by atoms with Gasteiger partial charge in [0.05, 0.1) is 0 Å². The summed E-state index contributed by atoms with van der Waals surface area (Å²) in [5, 5.41) is 0.985. The van der Waals surface area contributed by atoms with Gasteiger partial charge in [-0.1, -0.05) is 43.0 Å². The average Bonchev–Trinajstić information content (AvgIpc) is 3.06. The van der Waals surface area contributed by atoms with Crippen molar-refractivity contribution >= 4 is 22.9 Å². The maximum absolute atomic E-state index is 11.6. The molecule has 4 heteroatoms. The van der Waals surface area contributed by atoms with Crippen LogP contribution in [0.1, 0.15) is 11.1 Å². The van der Waals surface area contributed by atoms with Crippen LogP contribution in [0.5, 0.6) is 5.75 Å². The molecule has 0 bridgehead atoms. The predicted molar refractivity (Wildman–Crippen MR) is 99.3 cm³/mol. The van der Waals surface area contributed by atoms with Gasteiger partial charge in [0, 0.05) is 28.7 Å². The fraction of sp³-hybridized carbons (Fsp3) is 0.0952. The Balaban J connectivity index is 1.74. The van der Waals surface area contributed by atoms with Crippen molar-refractivity contribution in [3.05, 3.63) is 84.6 Å². The quantitative estimate of drug-likeness (QED) is 0.394. The number of esters is 1. The summed E-state index contributed by atoms with van der Waals surface area (Å²) in [7, 11) is 0. The largest absolute Gasteiger partial charge is 0.489 e. The molecule has 0 aliphatic rings. The van der Waals surface area contributed by atoms with E-state index in [0.29, 0.717) is 6.61 Å². The Hall–Kier alpha value is -3.27. The number of aromatic amines is 1. The van der Waals surface area contributed by atoms with Crippen LogP contribution in [-0.2, 0) is 16.1 Å². The number of ether oxygens (including phenoxy) is 2. The lowest BCUT2D eigenvalue weighted by Crippen LogP contribution is -1.99. The molecular weight excluding hydrogens is 314 g/mol. The van der Waals surface area contributed by atoms with Crippen LogP contribution >= 0.6 is 0 Å². The van der Waals surface area contributed by atoms with E-state index in [9.17, 15) is 4.79 Å². The maximum atomic E-state index is 11.6. The Labute approximate surface area is 146 Å². The van der Waals surface area contributed by atoms with Crippen molar-refractivity contribution in [3.8, 4) is 5.75 Å². The molecule has 0 spiro atoms. The van der Waals surface area contributed by atoms with E-state index in [1.54, 1.807) is 6.08 Å². The number of rotatable bonds is 7. The lowest BCUT2D eigenvalue weighted by Gasteiger charge is -2.06. The van der Waals surface area contributed by atoms with Crippen LogP contribution in [-0.4, -0.2) is 17.6 Å². The van der Waals surface area contributed by atoms with Gasteiger partial charge < -0.3 is 14.5 Å². The molecule has 2 aromatic carbocycles. The van der Waals surface area contributed by atoms with Crippen LogP contribution in [0.4, 0.5) is 0 Å². The minimum Gasteiger partial charge on any atom is -0.489 e. The molecule has 0 aliphatic carbocycles. The van der Waals surface area contributed by atoms with E-state index in [4.69, 9.17) is 9.47 Å². The molecule has 126 valence electrons. The summed E-state index contributed by atoms with van der Waals surface area (Å²) in [6, 6.07) is 15.9. The van der Waals surface area contributed by atoms with E-state index in [0.717, 1.165) is 27.8 Å². The number of aromatic nitrogens is 1. The van der Waals surface area contributed by atoms with Gasteiger partial charge in [0.2, 0.25) is 0 Å². The van der Waals surface area contributed by atoms with Gasteiger partial charge in [-0.25, -0.2) is 4.79 Å². The number of hydrogen-bond donors (Lipinski definition) is 1. The molecule has 4 nitrogen and oxygen atoms in total. The summed E-state index contributed by atoms with van der Waals surface area (Å²) in [6.07, 6.45) is 6.52. The van der Waals surface area contributed by atoms with Crippen molar-refractivity contribution in [3.63, 3.8) is 0 Å². The molecule has 1 N–H and O–H groups in total. The van der Waals surface area contributed by atoms with Crippen molar-refractivity contribution in [1.29, 1.82) is 0 Å². The van der Waals surface area contributed by atoms with E-state index in [1.165, 1.54) is 12.2 Å². The van der Waals surface area contributed by atoms with Crippen LogP contribution < -0.4 is 4.74 Å². The average molecular weight is 333 g/mol. The van der Waals surface area contributed by atoms with Crippen molar-refractivity contribution in [1.82, 2.24) is 4.98 Å². The zero-order chi connectivity index (χ0) is 17.5. The lowest BCUT2D eigenvalue weighted by molar-refractivity contribution is -0.136. The Morgan fingerprint density at radius 1 is 1.16 bits per heavy atom. The molecule has 0 saturated heterocycles. The molecule has 0 amide bonds. The first-order valence-electron chi connectivity index (χ1n) is 8.00. The van der Waals surface area contributed by atoms with Crippen molar-refractivity contribution < 1.29 is 14.3 Å². The predicted octanol–water partition coefficient (Wildman–Crippen LogP) is 4.49. The standard InChI is InChI=1S/C21H19NO3/c1-2-12-24-21(23)11-8-17-14-22-20-10-9-18(13-19(17)20)25-15-16-6-4-3-5-7-16/h2-11,13-14,22H,1,12,15H2/b11-8+. The first kappa shape index (κ1) is 16.6. The Bertz CT molecular complexity index is 894. The van der Waals surface area contributed by atoms with Crippen molar-refractivity contribution in [2.45, 2.75) is 6.61 Å². The number of fused-ring (bicyclic) bond motifs is 1. The van der Waals surface area contributed by atoms with Gasteiger partial charge in [-0.15, -0.1) is 0 Å². The number of benzene rings is 2. The summed E-state index contributed by atoms with van der Waals surface area (Å²) in [5.74, 6) is 0.380. The zero-order valence-corrected chi connectivity index (χ0v) is 13.8. The van der Waals surface area contributed by atoms with Crippen LogP contribution in [0.25, 0.3) is 17.0 Å². The van der Waals surface area contributed by atoms with E-state index < -0.39 is 5.97 Å². The van der Waals surface area contributed by atoms with Gasteiger partial charge in [-0.05, 0) is 29.8 Å². The summed E-state index contributed by atoms with van der Waals surface area (Å²) < 4.78 is 10.8. The molecule has 0 fully saturated rings. The van der Waals surface area contributed by atoms with Crippen molar-refractivity contribution in [2.75, 3.05) is 6.61 Å². The second kappa shape index (κ2) is 8.02. The fourth-order valence-electron chi connectivity index (χ4n) is 2.44. The van der Waals surface area contributed by atoms with Gasteiger partial charge in [-0.3, -0.25) is 0 Å². The van der Waals surface area contributed by atoms with Gasteiger partial charge in [0.15, 0.2) is 0 Å². The normalized spacial score (nSPS) is 10.9. The maximum Gasteiger partial charge on any atom is 0.331 e. The van der Waals surface area contributed by atoms with E-state index in [-0.39, 0.29) is 6.61 Å². The first-order chi connectivity index (χ1) is 12.3. The van der Waals surface area contributed by atoms with Gasteiger partial charge >= 0.3 is 5.97 Å². The third-order valence-electron chi connectivity index (χ3n) is 3.68. The van der Waals surface area contributed by atoms with Crippen LogP contribution in [0.3, 0.4) is 0 Å². The number of nitrogens with one attached hydrogen (secondary N) is 1. The molecule has 25 heavy (non-hydrogen) atoms. The SMILES string of the molecule is C=CCOC(=O)/C=C/c1c[nH]c2ccc(OCc3ccccc3)cc12. The Morgan fingerprint density at radius 2 is 2.00 bits per heavy atom. The highest BCUT2D eigenvalue weighted by molar-refractivity contribution is 5.94. The number of hydrogen-bond acceptors (Lipinski definition) is 3. The molecule has 3 aromatic rings. The molecule has 0 saturated carbocycles. The molecule has 1 heterocycles. The minimum absolute atomic E-state index is 0.203.